The van der Waals surface area contributed by atoms with Crippen LogP contribution in [0.4, 0.5) is 0 Å². The number of methoxy groups -OCH3 is 1. The van der Waals surface area contributed by atoms with Gasteiger partial charge in [-0.1, -0.05) is 13.8 Å². The van der Waals surface area contributed by atoms with Crippen molar-refractivity contribution in [2.75, 3.05) is 40.0 Å². The molecule has 0 fully saturated rings. The first-order valence-electron chi connectivity index (χ1n) is 6.27. The van der Waals surface area contributed by atoms with Crippen molar-refractivity contribution in [2.24, 2.45) is 16.6 Å². The second kappa shape index (κ2) is 11.7. The van der Waals surface area contributed by atoms with Gasteiger partial charge in [0.05, 0.1) is 13.2 Å². The zero-order chi connectivity index (χ0) is 12.9. The highest BCUT2D eigenvalue weighted by Crippen LogP contribution is 1.91. The number of rotatable bonds is 10. The first kappa shape index (κ1) is 16.2. The molecule has 0 aliphatic rings. The molecule has 0 amide bonds. The van der Waals surface area contributed by atoms with Gasteiger partial charge in [-0.15, -0.1) is 0 Å². The van der Waals surface area contributed by atoms with Gasteiger partial charge in [0.25, 0.3) is 0 Å². The van der Waals surface area contributed by atoms with Crippen molar-refractivity contribution >= 4 is 5.96 Å². The normalized spacial score (nSPS) is 12.1. The molecule has 0 saturated carbocycles. The average molecular weight is 245 g/mol. The van der Waals surface area contributed by atoms with Crippen LogP contribution < -0.4 is 11.1 Å². The van der Waals surface area contributed by atoms with Crippen LogP contribution in [0.25, 0.3) is 0 Å². The summed E-state index contributed by atoms with van der Waals surface area (Å²) in [5.74, 6) is 1.09. The summed E-state index contributed by atoms with van der Waals surface area (Å²) in [5.41, 5.74) is 5.69. The molecule has 0 bridgehead atoms. The predicted molar refractivity (Wildman–Crippen MR) is 71.3 cm³/mol. The van der Waals surface area contributed by atoms with E-state index in [1.165, 1.54) is 0 Å². The largest absolute Gasteiger partial charge is 0.382 e. The van der Waals surface area contributed by atoms with Gasteiger partial charge < -0.3 is 20.5 Å². The van der Waals surface area contributed by atoms with Crippen LogP contribution in [0.5, 0.6) is 0 Å². The van der Waals surface area contributed by atoms with Gasteiger partial charge >= 0.3 is 0 Å². The quantitative estimate of drug-likeness (QED) is 0.342. The first-order valence-corrected chi connectivity index (χ1v) is 6.27. The number of nitrogens with zero attached hydrogens (tertiary/aromatic N) is 1. The summed E-state index contributed by atoms with van der Waals surface area (Å²) in [5, 5.41) is 3.09. The van der Waals surface area contributed by atoms with Crippen LogP contribution >= 0.6 is 0 Å². The van der Waals surface area contributed by atoms with Crippen molar-refractivity contribution in [3.63, 3.8) is 0 Å². The van der Waals surface area contributed by atoms with Crippen molar-refractivity contribution in [3.05, 3.63) is 0 Å². The predicted octanol–water partition coefficient (Wildman–Crippen LogP) is 0.990. The summed E-state index contributed by atoms with van der Waals surface area (Å²) in [4.78, 5) is 4.22. The number of nitrogens with one attached hydrogen (secondary N) is 1. The van der Waals surface area contributed by atoms with E-state index in [4.69, 9.17) is 15.2 Å². The highest BCUT2D eigenvalue weighted by molar-refractivity contribution is 5.77. The van der Waals surface area contributed by atoms with Crippen LogP contribution in [0.1, 0.15) is 26.7 Å². The number of ether oxygens (including phenoxy) is 2. The fourth-order valence-corrected chi connectivity index (χ4v) is 1.13. The molecular formula is C12H27N3O2. The number of unbranched alkanes of at least 4 members (excludes halogenated alkanes) is 1. The molecule has 0 aromatic heterocycles. The third kappa shape index (κ3) is 13.1. The molecule has 0 aromatic rings. The minimum Gasteiger partial charge on any atom is -0.382 e. The SMILES string of the molecule is COCCOCCCCNC(N)=NCC(C)C. The molecular weight excluding hydrogens is 218 g/mol. The van der Waals surface area contributed by atoms with Gasteiger partial charge in [0.1, 0.15) is 0 Å². The second-order valence-corrected chi connectivity index (χ2v) is 4.36. The third-order valence-corrected chi connectivity index (χ3v) is 2.08. The van der Waals surface area contributed by atoms with Crippen molar-refractivity contribution in [1.29, 1.82) is 0 Å². The fraction of sp³-hybridized carbons (Fsp3) is 0.917. The van der Waals surface area contributed by atoms with Crippen molar-refractivity contribution in [3.8, 4) is 0 Å². The van der Waals surface area contributed by atoms with E-state index in [2.05, 4.69) is 24.2 Å². The molecule has 5 heteroatoms. The Hall–Kier alpha value is -0.810. The standard InChI is InChI=1S/C12H27N3O2/c1-11(2)10-15-12(13)14-6-4-5-7-17-9-8-16-3/h11H,4-10H2,1-3H3,(H3,13,14,15). The average Bonchev–Trinajstić information content (AvgIpc) is 2.30. The van der Waals surface area contributed by atoms with Gasteiger partial charge in [-0.2, -0.15) is 0 Å². The Labute approximate surface area is 105 Å². The van der Waals surface area contributed by atoms with Gasteiger partial charge in [0.15, 0.2) is 5.96 Å². The molecule has 0 rings (SSSR count). The molecule has 0 spiro atoms. The Morgan fingerprint density at radius 2 is 2.00 bits per heavy atom. The smallest absolute Gasteiger partial charge is 0.188 e. The molecule has 0 unspecified atom stereocenters. The summed E-state index contributed by atoms with van der Waals surface area (Å²) in [6.45, 7) is 7.96. The number of aliphatic imine (C=N–C) groups is 1. The van der Waals surface area contributed by atoms with Crippen LogP contribution in [0.2, 0.25) is 0 Å². The third-order valence-electron chi connectivity index (χ3n) is 2.08. The lowest BCUT2D eigenvalue weighted by molar-refractivity contribution is 0.0689. The number of nitrogens with two attached hydrogens (primary N) is 1. The van der Waals surface area contributed by atoms with E-state index in [1.807, 2.05) is 0 Å². The van der Waals surface area contributed by atoms with E-state index in [0.717, 1.165) is 32.5 Å². The minimum atomic E-state index is 0.541. The zero-order valence-corrected chi connectivity index (χ0v) is 11.4. The van der Waals surface area contributed by atoms with E-state index in [0.29, 0.717) is 25.1 Å². The lowest BCUT2D eigenvalue weighted by Crippen LogP contribution is -2.32. The fourth-order valence-electron chi connectivity index (χ4n) is 1.13. The summed E-state index contributed by atoms with van der Waals surface area (Å²) in [6.07, 6.45) is 2.05. The molecule has 0 aliphatic carbocycles. The Morgan fingerprint density at radius 1 is 1.24 bits per heavy atom. The van der Waals surface area contributed by atoms with E-state index in [-0.39, 0.29) is 0 Å². The van der Waals surface area contributed by atoms with Gasteiger partial charge in [0, 0.05) is 26.8 Å². The molecule has 0 atom stereocenters. The molecule has 0 radical (unpaired) electrons. The maximum Gasteiger partial charge on any atom is 0.188 e. The molecule has 0 aromatic carbocycles. The second-order valence-electron chi connectivity index (χ2n) is 4.36. The Morgan fingerprint density at radius 3 is 2.65 bits per heavy atom. The lowest BCUT2D eigenvalue weighted by Gasteiger charge is -2.07. The van der Waals surface area contributed by atoms with E-state index in [9.17, 15) is 0 Å². The number of hydrogen-bond acceptors (Lipinski definition) is 3. The van der Waals surface area contributed by atoms with E-state index < -0.39 is 0 Å². The van der Waals surface area contributed by atoms with E-state index in [1.54, 1.807) is 7.11 Å². The highest BCUT2D eigenvalue weighted by Gasteiger charge is 1.94. The van der Waals surface area contributed by atoms with E-state index >= 15 is 0 Å². The monoisotopic (exact) mass is 245 g/mol. The Bertz CT molecular complexity index is 196. The zero-order valence-electron chi connectivity index (χ0n) is 11.4. The summed E-state index contributed by atoms with van der Waals surface area (Å²) in [6, 6.07) is 0. The minimum absolute atomic E-state index is 0.541. The van der Waals surface area contributed by atoms with Crippen LogP contribution in [-0.2, 0) is 9.47 Å². The van der Waals surface area contributed by atoms with Crippen molar-refractivity contribution < 1.29 is 9.47 Å². The van der Waals surface area contributed by atoms with Gasteiger partial charge in [-0.3, -0.25) is 4.99 Å². The molecule has 0 aliphatic heterocycles. The summed E-state index contributed by atoms with van der Waals surface area (Å²) in [7, 11) is 1.67. The van der Waals surface area contributed by atoms with Crippen molar-refractivity contribution in [2.45, 2.75) is 26.7 Å². The van der Waals surface area contributed by atoms with Crippen molar-refractivity contribution in [1.82, 2.24) is 5.32 Å². The van der Waals surface area contributed by atoms with Crippen LogP contribution in [0, 0.1) is 5.92 Å². The van der Waals surface area contributed by atoms with Crippen LogP contribution in [0.3, 0.4) is 0 Å². The molecule has 17 heavy (non-hydrogen) atoms. The van der Waals surface area contributed by atoms with Gasteiger partial charge in [0.2, 0.25) is 0 Å². The number of guanidine groups is 1. The highest BCUT2D eigenvalue weighted by atomic mass is 16.5. The lowest BCUT2D eigenvalue weighted by atomic mass is 10.2. The molecule has 5 nitrogen and oxygen atoms in total. The summed E-state index contributed by atoms with van der Waals surface area (Å²) < 4.78 is 10.2. The van der Waals surface area contributed by atoms with Crippen LogP contribution in [-0.4, -0.2) is 46.0 Å². The molecule has 102 valence electrons. The van der Waals surface area contributed by atoms with Crippen LogP contribution in [0.15, 0.2) is 4.99 Å². The first-order chi connectivity index (χ1) is 8.16. The molecule has 3 N–H and O–H groups in total. The topological polar surface area (TPSA) is 68.9 Å². The molecule has 0 saturated heterocycles. The number of hydrogen-bond donors (Lipinski definition) is 2. The summed E-state index contributed by atoms with van der Waals surface area (Å²) >= 11 is 0. The maximum absolute atomic E-state index is 5.69. The van der Waals surface area contributed by atoms with Gasteiger partial charge in [-0.05, 0) is 18.8 Å². The Kier molecular flexibility index (Phi) is 11.1. The van der Waals surface area contributed by atoms with Gasteiger partial charge in [-0.25, -0.2) is 0 Å². The maximum atomic E-state index is 5.69. The molecule has 0 heterocycles. The Balaban J connectivity index is 3.24.